The van der Waals surface area contributed by atoms with E-state index >= 15 is 0 Å². The van der Waals surface area contributed by atoms with Crippen molar-refractivity contribution >= 4 is 5.91 Å². The van der Waals surface area contributed by atoms with Gasteiger partial charge in [0.05, 0.1) is 19.8 Å². The number of nitrogens with one attached hydrogen (secondary N) is 1. The third-order valence-corrected chi connectivity index (χ3v) is 2.28. The van der Waals surface area contributed by atoms with Gasteiger partial charge in [-0.05, 0) is 13.0 Å². The van der Waals surface area contributed by atoms with E-state index in [9.17, 15) is 4.79 Å². The molecule has 110 valence electrons. The molecule has 0 saturated carbocycles. The average molecular weight is 279 g/mol. The molecule has 0 atom stereocenters. The molecule has 0 unspecified atom stereocenters. The third-order valence-electron chi connectivity index (χ3n) is 2.28. The van der Waals surface area contributed by atoms with Crippen LogP contribution in [-0.4, -0.2) is 51.1 Å². The van der Waals surface area contributed by atoms with Gasteiger partial charge in [-0.1, -0.05) is 18.4 Å². The normalized spacial score (nSPS) is 10.3. The van der Waals surface area contributed by atoms with E-state index in [1.54, 1.807) is 0 Å². The third kappa shape index (κ3) is 7.60. The standard InChI is InChI=1S/C15H21NO4/c1-5-9-19-12-15(11-18-8-4,13-20-10-6-2)16-14(17)7-3/h1-2,7H,3,8-13H2,4H3,(H,16,17). The first-order chi connectivity index (χ1) is 9.64. The molecule has 0 aliphatic rings. The van der Waals surface area contributed by atoms with Gasteiger partial charge in [0.2, 0.25) is 5.91 Å². The first-order valence-corrected chi connectivity index (χ1v) is 6.19. The van der Waals surface area contributed by atoms with Crippen LogP contribution in [0.3, 0.4) is 0 Å². The van der Waals surface area contributed by atoms with E-state index in [2.05, 4.69) is 23.7 Å². The topological polar surface area (TPSA) is 56.8 Å². The van der Waals surface area contributed by atoms with Crippen molar-refractivity contribution in [3.63, 3.8) is 0 Å². The van der Waals surface area contributed by atoms with Crippen LogP contribution in [0.5, 0.6) is 0 Å². The number of amides is 1. The first-order valence-electron chi connectivity index (χ1n) is 6.19. The Labute approximate surface area is 120 Å². The zero-order chi connectivity index (χ0) is 15.3. The van der Waals surface area contributed by atoms with Gasteiger partial charge < -0.3 is 19.5 Å². The predicted molar refractivity (Wildman–Crippen MR) is 76.9 cm³/mol. The highest BCUT2D eigenvalue weighted by Crippen LogP contribution is 2.09. The Morgan fingerprint density at radius 2 is 1.70 bits per heavy atom. The van der Waals surface area contributed by atoms with Gasteiger partial charge >= 0.3 is 0 Å². The van der Waals surface area contributed by atoms with Crippen molar-refractivity contribution in [1.29, 1.82) is 0 Å². The molecule has 0 aliphatic carbocycles. The molecule has 0 heterocycles. The van der Waals surface area contributed by atoms with Crippen LogP contribution in [0.1, 0.15) is 6.92 Å². The molecule has 0 spiro atoms. The Balaban J connectivity index is 4.84. The summed E-state index contributed by atoms with van der Waals surface area (Å²) < 4.78 is 16.0. The molecule has 1 amide bonds. The SMILES string of the molecule is C#CCOCC(COCC)(COCC#C)NC(=O)C=C. The van der Waals surface area contributed by atoms with E-state index in [1.165, 1.54) is 6.08 Å². The number of carbonyl (C=O) groups excluding carboxylic acids is 1. The van der Waals surface area contributed by atoms with Gasteiger partial charge in [-0.15, -0.1) is 12.8 Å². The maximum atomic E-state index is 11.6. The largest absolute Gasteiger partial charge is 0.379 e. The Kier molecular flexibility index (Phi) is 10.1. The van der Waals surface area contributed by atoms with Gasteiger partial charge in [0, 0.05) is 6.61 Å². The van der Waals surface area contributed by atoms with Crippen LogP contribution >= 0.6 is 0 Å². The van der Waals surface area contributed by atoms with Crippen molar-refractivity contribution in [1.82, 2.24) is 5.32 Å². The molecule has 0 radical (unpaired) electrons. The van der Waals surface area contributed by atoms with Crippen LogP contribution in [0.4, 0.5) is 0 Å². The van der Waals surface area contributed by atoms with Gasteiger partial charge in [-0.25, -0.2) is 0 Å². The van der Waals surface area contributed by atoms with Gasteiger partial charge in [-0.3, -0.25) is 4.79 Å². The van der Waals surface area contributed by atoms with Crippen LogP contribution in [0.15, 0.2) is 12.7 Å². The molecule has 1 N–H and O–H groups in total. The number of ether oxygens (including phenoxy) is 3. The van der Waals surface area contributed by atoms with E-state index in [1.807, 2.05) is 6.92 Å². The van der Waals surface area contributed by atoms with E-state index in [0.29, 0.717) is 6.61 Å². The molecule has 5 nitrogen and oxygen atoms in total. The Morgan fingerprint density at radius 1 is 1.20 bits per heavy atom. The molecule has 20 heavy (non-hydrogen) atoms. The van der Waals surface area contributed by atoms with Crippen LogP contribution in [-0.2, 0) is 19.0 Å². The monoisotopic (exact) mass is 279 g/mol. The summed E-state index contributed by atoms with van der Waals surface area (Å²) in [7, 11) is 0. The van der Waals surface area contributed by atoms with Crippen molar-refractivity contribution in [3.8, 4) is 24.7 Å². The molecular weight excluding hydrogens is 258 g/mol. The second kappa shape index (κ2) is 11.1. The Bertz CT molecular complexity index is 358. The summed E-state index contributed by atoms with van der Waals surface area (Å²) in [5.74, 6) is 4.37. The molecule has 0 saturated heterocycles. The number of hydrogen-bond donors (Lipinski definition) is 1. The highest BCUT2D eigenvalue weighted by atomic mass is 16.5. The fourth-order valence-corrected chi connectivity index (χ4v) is 1.45. The Morgan fingerprint density at radius 3 is 2.10 bits per heavy atom. The van der Waals surface area contributed by atoms with E-state index < -0.39 is 5.54 Å². The van der Waals surface area contributed by atoms with Gasteiger partial charge in [0.15, 0.2) is 0 Å². The fourth-order valence-electron chi connectivity index (χ4n) is 1.45. The predicted octanol–water partition coefficient (Wildman–Crippen LogP) is 0.363. The van der Waals surface area contributed by atoms with Crippen molar-refractivity contribution in [3.05, 3.63) is 12.7 Å². The summed E-state index contributed by atoms with van der Waals surface area (Å²) >= 11 is 0. The lowest BCUT2D eigenvalue weighted by molar-refractivity contribution is -0.122. The second-order valence-electron chi connectivity index (χ2n) is 4.00. The number of rotatable bonds is 11. The summed E-state index contributed by atoms with van der Waals surface area (Å²) in [4.78, 5) is 11.6. The second-order valence-corrected chi connectivity index (χ2v) is 4.00. The molecular formula is C15H21NO4. The molecule has 0 bridgehead atoms. The summed E-state index contributed by atoms with van der Waals surface area (Å²) in [5, 5.41) is 2.76. The molecule has 0 fully saturated rings. The smallest absolute Gasteiger partial charge is 0.244 e. The maximum absolute atomic E-state index is 11.6. The molecule has 0 aromatic rings. The summed E-state index contributed by atoms with van der Waals surface area (Å²) in [5.41, 5.74) is -0.852. The quantitative estimate of drug-likeness (QED) is 0.337. The minimum atomic E-state index is -0.852. The first kappa shape index (κ1) is 18.2. The molecule has 0 aliphatic heterocycles. The van der Waals surface area contributed by atoms with Crippen LogP contribution < -0.4 is 5.32 Å². The van der Waals surface area contributed by atoms with E-state index in [0.717, 1.165) is 0 Å². The lowest BCUT2D eigenvalue weighted by Crippen LogP contribution is -2.58. The molecule has 0 rings (SSSR count). The zero-order valence-electron chi connectivity index (χ0n) is 11.8. The van der Waals surface area contributed by atoms with Crippen LogP contribution in [0, 0.1) is 24.7 Å². The van der Waals surface area contributed by atoms with Crippen molar-refractivity contribution in [2.45, 2.75) is 12.5 Å². The van der Waals surface area contributed by atoms with E-state index in [4.69, 9.17) is 27.1 Å². The fraction of sp³-hybridized carbons (Fsp3) is 0.533. The van der Waals surface area contributed by atoms with E-state index in [-0.39, 0.29) is 38.9 Å². The van der Waals surface area contributed by atoms with Crippen molar-refractivity contribution in [2.24, 2.45) is 0 Å². The highest BCUT2D eigenvalue weighted by Gasteiger charge is 2.32. The highest BCUT2D eigenvalue weighted by molar-refractivity contribution is 5.87. The van der Waals surface area contributed by atoms with Crippen LogP contribution in [0.25, 0.3) is 0 Å². The minimum Gasteiger partial charge on any atom is -0.379 e. The summed E-state index contributed by atoms with van der Waals surface area (Å²) in [6, 6.07) is 0. The number of hydrogen-bond acceptors (Lipinski definition) is 4. The number of terminal acetylenes is 2. The maximum Gasteiger partial charge on any atom is 0.244 e. The summed E-state index contributed by atoms with van der Waals surface area (Å²) in [6.45, 7) is 6.56. The molecule has 0 aromatic heterocycles. The number of carbonyl (C=O) groups is 1. The van der Waals surface area contributed by atoms with Gasteiger partial charge in [0.25, 0.3) is 0 Å². The van der Waals surface area contributed by atoms with Crippen molar-refractivity contribution in [2.75, 3.05) is 39.6 Å². The average Bonchev–Trinajstić information content (AvgIpc) is 2.45. The van der Waals surface area contributed by atoms with Crippen LogP contribution in [0.2, 0.25) is 0 Å². The molecule has 0 aromatic carbocycles. The zero-order valence-corrected chi connectivity index (χ0v) is 11.8. The van der Waals surface area contributed by atoms with Crippen molar-refractivity contribution < 1.29 is 19.0 Å². The summed E-state index contributed by atoms with van der Waals surface area (Å²) in [6.07, 6.45) is 11.4. The lowest BCUT2D eigenvalue weighted by atomic mass is 10.0. The Hall–Kier alpha value is -1.79. The minimum absolute atomic E-state index is 0.132. The molecule has 5 heteroatoms. The van der Waals surface area contributed by atoms with Gasteiger partial charge in [0.1, 0.15) is 18.8 Å². The lowest BCUT2D eigenvalue weighted by Gasteiger charge is -2.33. The van der Waals surface area contributed by atoms with Gasteiger partial charge in [-0.2, -0.15) is 0 Å².